The largest absolute Gasteiger partial charge is 0.618 e. The number of phenols is 2. The summed E-state index contributed by atoms with van der Waals surface area (Å²) in [4.78, 5) is 14.2. The molecule has 2 heterocycles. The van der Waals surface area contributed by atoms with Crippen LogP contribution in [-0.4, -0.2) is 20.1 Å². The highest BCUT2D eigenvalue weighted by molar-refractivity contribution is 5.79. The highest BCUT2D eigenvalue weighted by Crippen LogP contribution is 2.43. The molecule has 34 heavy (non-hydrogen) atoms. The highest BCUT2D eigenvalue weighted by atomic mass is 19.4. The van der Waals surface area contributed by atoms with Crippen LogP contribution in [-0.2, 0) is 6.18 Å². The van der Waals surface area contributed by atoms with Crippen molar-refractivity contribution in [2.24, 2.45) is 0 Å². The van der Waals surface area contributed by atoms with Crippen LogP contribution in [0.2, 0.25) is 0 Å². The molecule has 0 atom stereocenters. The number of pyridine rings is 1. The number of alkyl halides is 3. The summed E-state index contributed by atoms with van der Waals surface area (Å²) in [6.07, 6.45) is -3.95. The molecule has 0 aliphatic rings. The molecular weight excluding hydrogens is 459 g/mol. The van der Waals surface area contributed by atoms with Crippen molar-refractivity contribution in [1.82, 2.24) is 4.98 Å². The molecule has 4 aromatic rings. The van der Waals surface area contributed by atoms with Crippen LogP contribution in [0.3, 0.4) is 0 Å². The molecule has 4 rings (SSSR count). The van der Waals surface area contributed by atoms with Gasteiger partial charge in [0.15, 0.2) is 11.4 Å². The summed E-state index contributed by atoms with van der Waals surface area (Å²) in [6, 6.07) is 10.1. The zero-order chi connectivity index (χ0) is 24.8. The first-order valence-electron chi connectivity index (χ1n) is 9.55. The van der Waals surface area contributed by atoms with Gasteiger partial charge in [0.05, 0.1) is 10.5 Å². The standard InChI is InChI=1S/C22H14F3N3O6/c1-11-7-14(22(23,24)25)18(19(27(11)31)12-5-3-2-4-6-12)21-26-15(10-34-21)13-8-16(28(32)33)20(30)17(29)9-13/h2-10,29-30H,1H3. The number of halogens is 3. The van der Waals surface area contributed by atoms with Gasteiger partial charge in [-0.05, 0) is 18.2 Å². The molecule has 0 spiro atoms. The average molecular weight is 473 g/mol. The molecule has 2 N–H and O–H groups in total. The van der Waals surface area contributed by atoms with Crippen molar-refractivity contribution in [3.05, 3.63) is 81.4 Å². The second-order valence-corrected chi connectivity index (χ2v) is 7.24. The van der Waals surface area contributed by atoms with Crippen molar-refractivity contribution < 1.29 is 37.5 Å². The Morgan fingerprint density at radius 1 is 1.09 bits per heavy atom. The topological polar surface area (TPSA) is 137 Å². The first kappa shape index (κ1) is 22.6. The van der Waals surface area contributed by atoms with Gasteiger partial charge in [0, 0.05) is 30.2 Å². The lowest BCUT2D eigenvalue weighted by atomic mass is 9.99. The van der Waals surface area contributed by atoms with E-state index in [4.69, 9.17) is 4.42 Å². The lowest BCUT2D eigenvalue weighted by Gasteiger charge is -2.16. The lowest BCUT2D eigenvalue weighted by Crippen LogP contribution is -2.35. The molecule has 174 valence electrons. The van der Waals surface area contributed by atoms with Crippen LogP contribution in [0.5, 0.6) is 11.5 Å². The van der Waals surface area contributed by atoms with Gasteiger partial charge in [-0.25, -0.2) is 4.98 Å². The summed E-state index contributed by atoms with van der Waals surface area (Å²) in [6.45, 7) is 1.23. The van der Waals surface area contributed by atoms with Gasteiger partial charge < -0.3 is 19.8 Å². The Labute approximate surface area is 188 Å². The Kier molecular flexibility index (Phi) is 5.36. The molecule has 2 aromatic heterocycles. The third-order valence-electron chi connectivity index (χ3n) is 5.02. The Bertz CT molecular complexity index is 1420. The van der Waals surface area contributed by atoms with E-state index in [1.807, 2.05) is 0 Å². The smallest absolute Gasteiger partial charge is 0.417 e. The Morgan fingerprint density at radius 2 is 1.76 bits per heavy atom. The summed E-state index contributed by atoms with van der Waals surface area (Å²) in [5, 5.41) is 43.5. The van der Waals surface area contributed by atoms with E-state index in [-0.39, 0.29) is 28.2 Å². The number of hydrogen-bond acceptors (Lipinski definition) is 7. The number of aromatic nitrogens is 2. The van der Waals surface area contributed by atoms with E-state index in [0.29, 0.717) is 10.8 Å². The van der Waals surface area contributed by atoms with E-state index < -0.39 is 45.3 Å². The third kappa shape index (κ3) is 3.85. The quantitative estimate of drug-likeness (QED) is 0.141. The molecule has 0 saturated heterocycles. The number of nitro benzene ring substituents is 1. The molecule has 12 heteroatoms. The SMILES string of the molecule is Cc1cc(C(F)(F)F)c(-c2nc(-c3cc(O)c(O)c([N+](=O)[O-])c3)co2)c(-c2ccccc2)[n+]1[O-]. The number of hydrogen-bond donors (Lipinski definition) is 2. The van der Waals surface area contributed by atoms with Crippen LogP contribution in [0.25, 0.3) is 34.0 Å². The van der Waals surface area contributed by atoms with E-state index in [2.05, 4.69) is 4.98 Å². The monoisotopic (exact) mass is 473 g/mol. The maximum atomic E-state index is 14.0. The van der Waals surface area contributed by atoms with E-state index in [9.17, 15) is 38.7 Å². The molecular formula is C22H14F3N3O6. The van der Waals surface area contributed by atoms with Gasteiger partial charge in [0.25, 0.3) is 0 Å². The van der Waals surface area contributed by atoms with Gasteiger partial charge in [0.2, 0.25) is 17.3 Å². The molecule has 0 aliphatic heterocycles. The van der Waals surface area contributed by atoms with Crippen molar-refractivity contribution in [3.8, 4) is 45.5 Å². The molecule has 9 nitrogen and oxygen atoms in total. The Balaban J connectivity index is 1.99. The fraction of sp³-hybridized carbons (Fsp3) is 0.0909. The van der Waals surface area contributed by atoms with Crippen LogP contribution < -0.4 is 4.73 Å². The summed E-state index contributed by atoms with van der Waals surface area (Å²) >= 11 is 0. The van der Waals surface area contributed by atoms with Crippen LogP contribution in [0.15, 0.2) is 59.2 Å². The minimum atomic E-state index is -4.87. The third-order valence-corrected chi connectivity index (χ3v) is 5.02. The van der Waals surface area contributed by atoms with E-state index in [1.165, 1.54) is 19.1 Å². The number of phenolic OH excluding ortho intramolecular Hbond substituents is 2. The van der Waals surface area contributed by atoms with Gasteiger partial charge in [-0.2, -0.15) is 17.9 Å². The normalized spacial score (nSPS) is 11.5. The Hall–Kier alpha value is -4.61. The lowest BCUT2D eigenvalue weighted by molar-refractivity contribution is -0.600. The van der Waals surface area contributed by atoms with E-state index >= 15 is 0 Å². The minimum Gasteiger partial charge on any atom is -0.618 e. The number of benzene rings is 2. The van der Waals surface area contributed by atoms with Gasteiger partial charge in [-0.1, -0.05) is 18.2 Å². The van der Waals surface area contributed by atoms with Crippen molar-refractivity contribution in [1.29, 1.82) is 0 Å². The van der Waals surface area contributed by atoms with Crippen LogP contribution in [0.4, 0.5) is 18.9 Å². The van der Waals surface area contributed by atoms with E-state index in [0.717, 1.165) is 18.4 Å². The number of nitro groups is 1. The number of aryl methyl sites for hydroxylation is 1. The van der Waals surface area contributed by atoms with Crippen LogP contribution in [0.1, 0.15) is 11.3 Å². The zero-order valence-corrected chi connectivity index (χ0v) is 17.2. The van der Waals surface area contributed by atoms with Gasteiger partial charge >= 0.3 is 11.9 Å². The average Bonchev–Trinajstić information content (AvgIpc) is 3.26. The molecule has 2 aromatic carbocycles. The molecule has 0 radical (unpaired) electrons. The van der Waals surface area contributed by atoms with Gasteiger partial charge in [-0.3, -0.25) is 10.1 Å². The maximum absolute atomic E-state index is 14.0. The summed E-state index contributed by atoms with van der Waals surface area (Å²) in [5.41, 5.74) is -3.27. The number of aromatic hydroxyl groups is 2. The molecule has 0 unspecified atom stereocenters. The molecule has 0 amide bonds. The first-order chi connectivity index (χ1) is 16.0. The number of rotatable bonds is 4. The fourth-order valence-electron chi connectivity index (χ4n) is 3.46. The fourth-order valence-corrected chi connectivity index (χ4v) is 3.46. The summed E-state index contributed by atoms with van der Waals surface area (Å²) in [5.74, 6) is -2.38. The zero-order valence-electron chi connectivity index (χ0n) is 17.2. The Morgan fingerprint density at radius 3 is 2.38 bits per heavy atom. The number of nitrogens with zero attached hydrogens (tertiary/aromatic N) is 3. The van der Waals surface area contributed by atoms with Crippen molar-refractivity contribution in [3.63, 3.8) is 0 Å². The molecule has 0 saturated carbocycles. The maximum Gasteiger partial charge on any atom is 0.417 e. The molecule has 0 fully saturated rings. The number of oxazole rings is 1. The van der Waals surface area contributed by atoms with Crippen LogP contribution >= 0.6 is 0 Å². The van der Waals surface area contributed by atoms with Crippen molar-refractivity contribution in [2.75, 3.05) is 0 Å². The molecule has 0 bridgehead atoms. The predicted molar refractivity (Wildman–Crippen MR) is 111 cm³/mol. The van der Waals surface area contributed by atoms with Crippen molar-refractivity contribution in [2.45, 2.75) is 13.1 Å². The van der Waals surface area contributed by atoms with Crippen LogP contribution in [0, 0.1) is 22.2 Å². The van der Waals surface area contributed by atoms with Gasteiger partial charge in [-0.15, -0.1) is 0 Å². The second-order valence-electron chi connectivity index (χ2n) is 7.24. The highest BCUT2D eigenvalue weighted by Gasteiger charge is 2.40. The second kappa shape index (κ2) is 8.06. The van der Waals surface area contributed by atoms with Gasteiger partial charge in [0.1, 0.15) is 17.5 Å². The molecule has 0 aliphatic carbocycles. The summed E-state index contributed by atoms with van der Waals surface area (Å²) < 4.78 is 47.6. The predicted octanol–water partition coefficient (Wildman–Crippen LogP) is 4.96. The summed E-state index contributed by atoms with van der Waals surface area (Å²) in [7, 11) is 0. The van der Waals surface area contributed by atoms with E-state index in [1.54, 1.807) is 18.2 Å². The minimum absolute atomic E-state index is 0.103. The van der Waals surface area contributed by atoms with Crippen molar-refractivity contribution >= 4 is 5.69 Å². The first-order valence-corrected chi connectivity index (χ1v) is 9.55.